The molecule has 0 N–H and O–H groups in total. The molecule has 0 spiro atoms. The quantitative estimate of drug-likeness (QED) is 0.739. The minimum Gasteiger partial charge on any atom is -0.336 e. The van der Waals surface area contributed by atoms with Crippen LogP contribution in [0.2, 0.25) is 0 Å². The number of rotatable bonds is 3. The van der Waals surface area contributed by atoms with Crippen LogP contribution in [0.3, 0.4) is 0 Å². The molecule has 3 aromatic heterocycles. The zero-order chi connectivity index (χ0) is 16.8. The van der Waals surface area contributed by atoms with Gasteiger partial charge in [-0.05, 0) is 38.0 Å². The van der Waals surface area contributed by atoms with Gasteiger partial charge in [-0.25, -0.2) is 14.4 Å². The molecule has 1 amide bonds. The van der Waals surface area contributed by atoms with Crippen molar-refractivity contribution in [2.75, 3.05) is 11.9 Å². The Kier molecular flexibility index (Phi) is 3.30. The van der Waals surface area contributed by atoms with Gasteiger partial charge in [0.15, 0.2) is 11.6 Å². The van der Waals surface area contributed by atoms with Gasteiger partial charge in [0, 0.05) is 24.9 Å². The van der Waals surface area contributed by atoms with E-state index in [4.69, 9.17) is 4.52 Å². The summed E-state index contributed by atoms with van der Waals surface area (Å²) in [5, 5.41) is 4.47. The van der Waals surface area contributed by atoms with E-state index in [1.165, 1.54) is 30.3 Å². The van der Waals surface area contributed by atoms with Gasteiger partial charge in [-0.15, -0.1) is 0 Å². The molecule has 24 heavy (non-hydrogen) atoms. The fourth-order valence-electron chi connectivity index (χ4n) is 2.77. The van der Waals surface area contributed by atoms with Crippen molar-refractivity contribution in [1.29, 1.82) is 0 Å². The van der Waals surface area contributed by atoms with Crippen molar-refractivity contribution in [1.82, 2.24) is 15.1 Å². The third-order valence-corrected chi connectivity index (χ3v) is 4.22. The van der Waals surface area contributed by atoms with Gasteiger partial charge in [0.1, 0.15) is 0 Å². The Hall–Kier alpha value is -2.83. The molecule has 0 bridgehead atoms. The van der Waals surface area contributed by atoms with Gasteiger partial charge in [-0.1, -0.05) is 5.16 Å². The predicted octanol–water partition coefficient (Wildman–Crippen LogP) is 3.22. The number of pyridine rings is 2. The SMILES string of the molecule is Cc1noc2nc(C3CC3)cc(C(=O)N(C)c3ncccc3F)c12. The van der Waals surface area contributed by atoms with Crippen molar-refractivity contribution in [2.24, 2.45) is 0 Å². The first-order chi connectivity index (χ1) is 11.6. The first-order valence-electron chi connectivity index (χ1n) is 7.71. The first kappa shape index (κ1) is 14.7. The summed E-state index contributed by atoms with van der Waals surface area (Å²) < 4.78 is 19.2. The number of fused-ring (bicyclic) bond motifs is 1. The van der Waals surface area contributed by atoms with E-state index in [1.54, 1.807) is 13.0 Å². The lowest BCUT2D eigenvalue weighted by atomic mass is 10.1. The van der Waals surface area contributed by atoms with Crippen molar-refractivity contribution in [2.45, 2.75) is 25.7 Å². The van der Waals surface area contributed by atoms with E-state index < -0.39 is 5.82 Å². The smallest absolute Gasteiger partial charge is 0.260 e. The van der Waals surface area contributed by atoms with Crippen molar-refractivity contribution >= 4 is 22.8 Å². The van der Waals surface area contributed by atoms with Gasteiger partial charge in [-0.2, -0.15) is 0 Å². The third kappa shape index (κ3) is 2.33. The summed E-state index contributed by atoms with van der Waals surface area (Å²) in [4.78, 5) is 22.6. The summed E-state index contributed by atoms with van der Waals surface area (Å²) in [6, 6.07) is 4.52. The number of aryl methyl sites for hydroxylation is 1. The summed E-state index contributed by atoms with van der Waals surface area (Å²) in [6.45, 7) is 1.75. The van der Waals surface area contributed by atoms with Crippen LogP contribution < -0.4 is 4.90 Å². The molecule has 3 aromatic rings. The molecule has 0 aromatic carbocycles. The van der Waals surface area contributed by atoms with E-state index in [-0.39, 0.29) is 11.7 Å². The summed E-state index contributed by atoms with van der Waals surface area (Å²) in [5.41, 5.74) is 2.15. The lowest BCUT2D eigenvalue weighted by Crippen LogP contribution is -2.28. The lowest BCUT2D eigenvalue weighted by Gasteiger charge is -2.17. The molecule has 6 nitrogen and oxygen atoms in total. The molecule has 0 radical (unpaired) electrons. The van der Waals surface area contributed by atoms with Crippen LogP contribution in [0.15, 0.2) is 28.9 Å². The number of hydrogen-bond acceptors (Lipinski definition) is 5. The van der Waals surface area contributed by atoms with E-state index in [0.717, 1.165) is 18.5 Å². The number of anilines is 1. The topological polar surface area (TPSA) is 72.1 Å². The van der Waals surface area contributed by atoms with Gasteiger partial charge < -0.3 is 4.52 Å². The predicted molar refractivity (Wildman–Crippen MR) is 85.4 cm³/mol. The van der Waals surface area contributed by atoms with Crippen LogP contribution in [-0.2, 0) is 0 Å². The molecule has 4 rings (SSSR count). The van der Waals surface area contributed by atoms with Gasteiger partial charge in [0.2, 0.25) is 0 Å². The number of nitrogens with zero attached hydrogens (tertiary/aromatic N) is 4. The van der Waals surface area contributed by atoms with Gasteiger partial charge >= 0.3 is 0 Å². The molecule has 7 heteroatoms. The van der Waals surface area contributed by atoms with Crippen molar-refractivity contribution in [3.8, 4) is 0 Å². The van der Waals surface area contributed by atoms with Gasteiger partial charge in [0.25, 0.3) is 11.6 Å². The zero-order valence-corrected chi connectivity index (χ0v) is 13.3. The van der Waals surface area contributed by atoms with E-state index in [0.29, 0.717) is 28.3 Å². The largest absolute Gasteiger partial charge is 0.336 e. The van der Waals surface area contributed by atoms with E-state index in [2.05, 4.69) is 15.1 Å². The zero-order valence-electron chi connectivity index (χ0n) is 13.3. The van der Waals surface area contributed by atoms with E-state index >= 15 is 0 Å². The van der Waals surface area contributed by atoms with Gasteiger partial charge in [-0.3, -0.25) is 9.69 Å². The lowest BCUT2D eigenvalue weighted by molar-refractivity contribution is 0.0992. The van der Waals surface area contributed by atoms with Crippen molar-refractivity contribution in [3.63, 3.8) is 0 Å². The molecule has 0 saturated heterocycles. The molecule has 122 valence electrons. The number of amides is 1. The summed E-state index contributed by atoms with van der Waals surface area (Å²) in [6.07, 6.45) is 3.54. The number of aromatic nitrogens is 3. The Balaban J connectivity index is 1.84. The minimum absolute atomic E-state index is 0.0189. The standard InChI is InChI=1S/C17H15FN4O2/c1-9-14-11(8-13(10-5-6-10)20-16(14)24-21-9)17(23)22(2)15-12(18)4-3-7-19-15/h3-4,7-8,10H,5-6H2,1-2H3. The average Bonchev–Trinajstić information content (AvgIpc) is 3.37. The van der Waals surface area contributed by atoms with Crippen LogP contribution in [0.5, 0.6) is 0 Å². The van der Waals surface area contributed by atoms with Gasteiger partial charge in [0.05, 0.1) is 16.6 Å². The average molecular weight is 326 g/mol. The molecule has 1 aliphatic carbocycles. The normalized spacial score (nSPS) is 14.1. The second-order valence-electron chi connectivity index (χ2n) is 5.99. The second-order valence-corrected chi connectivity index (χ2v) is 5.99. The monoisotopic (exact) mass is 326 g/mol. The molecule has 0 unspecified atom stereocenters. The minimum atomic E-state index is -0.553. The highest BCUT2D eigenvalue weighted by Crippen LogP contribution is 2.40. The molecule has 1 saturated carbocycles. The fourth-order valence-corrected chi connectivity index (χ4v) is 2.77. The Labute approximate surface area is 137 Å². The molecule has 1 fully saturated rings. The number of hydrogen-bond donors (Lipinski definition) is 0. The van der Waals surface area contributed by atoms with Crippen LogP contribution in [0.1, 0.15) is 40.5 Å². The molecule has 3 heterocycles. The van der Waals surface area contributed by atoms with Crippen LogP contribution in [0.25, 0.3) is 11.1 Å². The van der Waals surface area contributed by atoms with E-state index in [9.17, 15) is 9.18 Å². The van der Waals surface area contributed by atoms with Crippen LogP contribution in [0.4, 0.5) is 10.2 Å². The number of carbonyl (C=O) groups is 1. The Morgan fingerprint density at radius 1 is 1.42 bits per heavy atom. The maximum Gasteiger partial charge on any atom is 0.260 e. The van der Waals surface area contributed by atoms with Crippen molar-refractivity contribution in [3.05, 3.63) is 47.2 Å². The first-order valence-corrected chi connectivity index (χ1v) is 7.71. The van der Waals surface area contributed by atoms with E-state index in [1.807, 2.05) is 0 Å². The third-order valence-electron chi connectivity index (χ3n) is 4.22. The second kappa shape index (κ2) is 5.36. The number of halogens is 1. The number of carbonyl (C=O) groups excluding carboxylic acids is 1. The van der Waals surface area contributed by atoms with Crippen LogP contribution in [-0.4, -0.2) is 28.1 Å². The molecule has 1 aliphatic rings. The maximum absolute atomic E-state index is 14.0. The fraction of sp³-hybridized carbons (Fsp3) is 0.294. The molecule has 0 aliphatic heterocycles. The van der Waals surface area contributed by atoms with Crippen molar-refractivity contribution < 1.29 is 13.7 Å². The highest BCUT2D eigenvalue weighted by Gasteiger charge is 2.30. The highest BCUT2D eigenvalue weighted by molar-refractivity contribution is 6.13. The van der Waals surface area contributed by atoms with Crippen LogP contribution >= 0.6 is 0 Å². The highest BCUT2D eigenvalue weighted by atomic mass is 19.1. The Morgan fingerprint density at radius 2 is 2.21 bits per heavy atom. The van der Waals surface area contributed by atoms with Crippen LogP contribution in [0, 0.1) is 12.7 Å². The summed E-state index contributed by atoms with van der Waals surface area (Å²) in [7, 11) is 1.50. The molecular weight excluding hydrogens is 311 g/mol. The maximum atomic E-state index is 14.0. The summed E-state index contributed by atoms with van der Waals surface area (Å²) >= 11 is 0. The Morgan fingerprint density at radius 3 is 2.92 bits per heavy atom. The summed E-state index contributed by atoms with van der Waals surface area (Å²) in [5.74, 6) is -0.589. The molecular formula is C17H15FN4O2. The Bertz CT molecular complexity index is 949. The molecule has 0 atom stereocenters.